The van der Waals surface area contributed by atoms with Crippen molar-refractivity contribution in [1.29, 1.82) is 0 Å². The van der Waals surface area contributed by atoms with Gasteiger partial charge in [0.1, 0.15) is 5.75 Å². The number of aromatic carboxylic acids is 1. The van der Waals surface area contributed by atoms with E-state index in [-0.39, 0.29) is 6.10 Å². The van der Waals surface area contributed by atoms with E-state index < -0.39 is 5.97 Å². The van der Waals surface area contributed by atoms with Crippen molar-refractivity contribution >= 4 is 17.3 Å². The molecule has 0 amide bonds. The maximum absolute atomic E-state index is 10.9. The molecule has 1 heterocycles. The molecule has 16 heavy (non-hydrogen) atoms. The zero-order chi connectivity index (χ0) is 11.5. The average molecular weight is 240 g/mol. The number of carbonyl (C=O) groups is 1. The number of carboxylic acids is 1. The molecule has 1 N–H and O–H groups in total. The third-order valence-electron chi connectivity index (χ3n) is 3.01. The van der Waals surface area contributed by atoms with Gasteiger partial charge in [-0.15, -0.1) is 11.3 Å². The number of carboxylic acid groups (broad SMARTS) is 1. The van der Waals surface area contributed by atoms with Gasteiger partial charge in [0.05, 0.1) is 6.10 Å². The second kappa shape index (κ2) is 4.87. The van der Waals surface area contributed by atoms with Crippen LogP contribution in [0.4, 0.5) is 0 Å². The predicted octanol–water partition coefficient (Wildman–Crippen LogP) is 3.40. The molecule has 1 aliphatic rings. The van der Waals surface area contributed by atoms with Crippen LogP contribution in [0.2, 0.25) is 0 Å². The molecule has 2 atom stereocenters. The van der Waals surface area contributed by atoms with Crippen LogP contribution < -0.4 is 4.74 Å². The Kier molecular flexibility index (Phi) is 3.49. The predicted molar refractivity (Wildman–Crippen MR) is 63.3 cm³/mol. The zero-order valence-electron chi connectivity index (χ0n) is 9.31. The molecule has 0 spiro atoms. The lowest BCUT2D eigenvalue weighted by molar-refractivity contribution is 0.0690. The highest BCUT2D eigenvalue weighted by molar-refractivity contribution is 7.12. The minimum absolute atomic E-state index is 0.191. The summed E-state index contributed by atoms with van der Waals surface area (Å²) in [5.74, 6) is 0.330. The van der Waals surface area contributed by atoms with Gasteiger partial charge < -0.3 is 9.84 Å². The molecular weight excluding hydrogens is 224 g/mol. The summed E-state index contributed by atoms with van der Waals surface area (Å²) in [4.78, 5) is 11.2. The van der Waals surface area contributed by atoms with E-state index in [0.29, 0.717) is 16.5 Å². The van der Waals surface area contributed by atoms with E-state index in [9.17, 15) is 4.79 Å². The topological polar surface area (TPSA) is 46.5 Å². The Morgan fingerprint density at radius 2 is 2.38 bits per heavy atom. The fourth-order valence-electron chi connectivity index (χ4n) is 2.21. The number of ether oxygens (including phenoxy) is 1. The fraction of sp³-hybridized carbons (Fsp3) is 0.583. The maximum Gasteiger partial charge on any atom is 0.349 e. The number of hydrogen-bond donors (Lipinski definition) is 1. The summed E-state index contributed by atoms with van der Waals surface area (Å²) in [5.41, 5.74) is 0. The average Bonchev–Trinajstić information content (AvgIpc) is 2.66. The summed E-state index contributed by atoms with van der Waals surface area (Å²) in [7, 11) is 0. The van der Waals surface area contributed by atoms with E-state index in [1.165, 1.54) is 24.2 Å². The van der Waals surface area contributed by atoms with E-state index >= 15 is 0 Å². The van der Waals surface area contributed by atoms with Crippen molar-refractivity contribution in [1.82, 2.24) is 0 Å². The molecule has 1 aromatic heterocycles. The van der Waals surface area contributed by atoms with E-state index in [2.05, 4.69) is 6.92 Å². The summed E-state index contributed by atoms with van der Waals surface area (Å²) in [6, 6.07) is 1.76. The molecule has 1 fully saturated rings. The van der Waals surface area contributed by atoms with Gasteiger partial charge in [-0.25, -0.2) is 4.79 Å². The van der Waals surface area contributed by atoms with Gasteiger partial charge in [-0.3, -0.25) is 0 Å². The SMILES string of the molecule is CC1CCCC(Oc2ccsc2C(=O)O)C1. The lowest BCUT2D eigenvalue weighted by atomic mass is 9.89. The zero-order valence-corrected chi connectivity index (χ0v) is 10.1. The normalized spacial score (nSPS) is 25.3. The molecule has 0 bridgehead atoms. The first kappa shape index (κ1) is 11.5. The molecule has 0 saturated heterocycles. The first-order valence-corrected chi connectivity index (χ1v) is 6.52. The molecule has 3 nitrogen and oxygen atoms in total. The largest absolute Gasteiger partial charge is 0.489 e. The standard InChI is InChI=1S/C12H16O3S/c1-8-3-2-4-9(7-8)15-10-5-6-16-11(10)12(13)14/h5-6,8-9H,2-4,7H2,1H3,(H,13,14). The summed E-state index contributed by atoms with van der Waals surface area (Å²) >= 11 is 1.22. The highest BCUT2D eigenvalue weighted by Gasteiger charge is 2.22. The van der Waals surface area contributed by atoms with Crippen LogP contribution >= 0.6 is 11.3 Å². The van der Waals surface area contributed by atoms with Gasteiger partial charge in [0, 0.05) is 0 Å². The van der Waals surface area contributed by atoms with Gasteiger partial charge in [-0.2, -0.15) is 0 Å². The lowest BCUT2D eigenvalue weighted by Gasteiger charge is -2.27. The maximum atomic E-state index is 10.9. The molecule has 0 aromatic carbocycles. The fourth-order valence-corrected chi connectivity index (χ4v) is 2.87. The summed E-state index contributed by atoms with van der Waals surface area (Å²) < 4.78 is 5.79. The van der Waals surface area contributed by atoms with E-state index in [0.717, 1.165) is 12.8 Å². The lowest BCUT2D eigenvalue weighted by Crippen LogP contribution is -2.24. The molecular formula is C12H16O3S. The Labute approximate surface area is 99.1 Å². The van der Waals surface area contributed by atoms with E-state index in [1.54, 1.807) is 11.4 Å². The van der Waals surface area contributed by atoms with Crippen LogP contribution in [-0.4, -0.2) is 17.2 Å². The Bertz CT molecular complexity index is 372. The second-order valence-electron chi connectivity index (χ2n) is 4.43. The van der Waals surface area contributed by atoms with Crippen molar-refractivity contribution in [2.75, 3.05) is 0 Å². The highest BCUT2D eigenvalue weighted by atomic mass is 32.1. The molecule has 1 aliphatic carbocycles. The Morgan fingerprint density at radius 1 is 1.56 bits per heavy atom. The van der Waals surface area contributed by atoms with Crippen molar-refractivity contribution in [2.24, 2.45) is 5.92 Å². The number of thiophene rings is 1. The molecule has 88 valence electrons. The Morgan fingerprint density at radius 3 is 3.06 bits per heavy atom. The van der Waals surface area contributed by atoms with Gasteiger partial charge in [-0.05, 0) is 36.6 Å². The first-order valence-electron chi connectivity index (χ1n) is 5.64. The third-order valence-corrected chi connectivity index (χ3v) is 3.89. The second-order valence-corrected chi connectivity index (χ2v) is 5.35. The molecule has 2 unspecified atom stereocenters. The molecule has 0 aliphatic heterocycles. The van der Waals surface area contributed by atoms with Gasteiger partial charge in [-0.1, -0.05) is 13.3 Å². The third kappa shape index (κ3) is 2.55. The minimum Gasteiger partial charge on any atom is -0.489 e. The molecule has 1 saturated carbocycles. The van der Waals surface area contributed by atoms with E-state index in [1.807, 2.05) is 0 Å². The van der Waals surface area contributed by atoms with Gasteiger partial charge in [0.2, 0.25) is 0 Å². The number of hydrogen-bond acceptors (Lipinski definition) is 3. The molecule has 2 rings (SSSR count). The van der Waals surface area contributed by atoms with Crippen molar-refractivity contribution in [3.8, 4) is 5.75 Å². The van der Waals surface area contributed by atoms with Crippen LogP contribution in [0.1, 0.15) is 42.3 Å². The van der Waals surface area contributed by atoms with Gasteiger partial charge in [0.15, 0.2) is 4.88 Å². The highest BCUT2D eigenvalue weighted by Crippen LogP contribution is 2.31. The Balaban J connectivity index is 2.02. The first-order chi connectivity index (χ1) is 7.66. The quantitative estimate of drug-likeness (QED) is 0.880. The van der Waals surface area contributed by atoms with Crippen molar-refractivity contribution in [2.45, 2.75) is 38.7 Å². The van der Waals surface area contributed by atoms with Crippen LogP contribution in [0.25, 0.3) is 0 Å². The van der Waals surface area contributed by atoms with Crippen LogP contribution in [0.3, 0.4) is 0 Å². The smallest absolute Gasteiger partial charge is 0.349 e. The van der Waals surface area contributed by atoms with E-state index in [4.69, 9.17) is 9.84 Å². The van der Waals surface area contributed by atoms with Crippen LogP contribution in [0.15, 0.2) is 11.4 Å². The molecule has 1 aromatic rings. The van der Waals surface area contributed by atoms with Gasteiger partial charge in [0.25, 0.3) is 0 Å². The van der Waals surface area contributed by atoms with Crippen LogP contribution in [-0.2, 0) is 0 Å². The number of rotatable bonds is 3. The van der Waals surface area contributed by atoms with Crippen molar-refractivity contribution < 1.29 is 14.6 Å². The summed E-state index contributed by atoms with van der Waals surface area (Å²) in [6.07, 6.45) is 4.71. The Hall–Kier alpha value is -1.03. The van der Waals surface area contributed by atoms with Crippen molar-refractivity contribution in [3.05, 3.63) is 16.3 Å². The molecule has 4 heteroatoms. The molecule has 0 radical (unpaired) electrons. The van der Waals surface area contributed by atoms with Crippen LogP contribution in [0, 0.1) is 5.92 Å². The van der Waals surface area contributed by atoms with Crippen molar-refractivity contribution in [3.63, 3.8) is 0 Å². The summed E-state index contributed by atoms with van der Waals surface area (Å²) in [5, 5.41) is 10.7. The van der Waals surface area contributed by atoms with Gasteiger partial charge >= 0.3 is 5.97 Å². The van der Waals surface area contributed by atoms with Crippen LogP contribution in [0.5, 0.6) is 5.75 Å². The minimum atomic E-state index is -0.895. The monoisotopic (exact) mass is 240 g/mol. The summed E-state index contributed by atoms with van der Waals surface area (Å²) in [6.45, 7) is 2.22.